The molecule has 5 nitrogen and oxygen atoms in total. The van der Waals surface area contributed by atoms with Gasteiger partial charge in [-0.2, -0.15) is 0 Å². The number of halogens is 2. The van der Waals surface area contributed by atoms with Crippen LogP contribution in [-0.2, 0) is 6.61 Å². The first kappa shape index (κ1) is 16.9. The number of ether oxygens (including phenoxy) is 1. The summed E-state index contributed by atoms with van der Waals surface area (Å²) in [6, 6.07) is 14.2. The molecule has 0 saturated heterocycles. The molecule has 0 atom stereocenters. The van der Waals surface area contributed by atoms with Gasteiger partial charge in [0.25, 0.3) is 5.91 Å². The van der Waals surface area contributed by atoms with Crippen molar-refractivity contribution in [1.82, 2.24) is 10.2 Å². The summed E-state index contributed by atoms with van der Waals surface area (Å²) in [7, 11) is 0. The van der Waals surface area contributed by atoms with E-state index in [4.69, 9.17) is 16.3 Å². The van der Waals surface area contributed by atoms with Gasteiger partial charge in [-0.15, -0.1) is 10.2 Å². The van der Waals surface area contributed by atoms with Crippen LogP contribution in [0.3, 0.4) is 0 Å². The van der Waals surface area contributed by atoms with Crippen LogP contribution in [0.1, 0.15) is 15.4 Å². The van der Waals surface area contributed by atoms with Crippen LogP contribution in [0.4, 0.5) is 5.13 Å². The Bertz CT molecular complexity index is 855. The Hall–Kier alpha value is -1.96. The average Bonchev–Trinajstić information content (AvgIpc) is 3.02. The van der Waals surface area contributed by atoms with Crippen LogP contribution < -0.4 is 10.1 Å². The molecule has 0 radical (unpaired) electrons. The molecule has 0 spiro atoms. The van der Waals surface area contributed by atoms with E-state index in [0.717, 1.165) is 4.47 Å². The molecule has 0 fully saturated rings. The fraction of sp³-hybridized carbons (Fsp3) is 0.0625. The van der Waals surface area contributed by atoms with Crippen LogP contribution in [0.5, 0.6) is 5.75 Å². The molecule has 1 aromatic heterocycles. The van der Waals surface area contributed by atoms with Crippen molar-refractivity contribution in [2.24, 2.45) is 0 Å². The lowest BCUT2D eigenvalue weighted by molar-refractivity contribution is 0.102. The Morgan fingerprint density at radius 2 is 2.00 bits per heavy atom. The molecular formula is C16H11BrClN3O2S. The third-order valence-electron chi connectivity index (χ3n) is 2.95. The van der Waals surface area contributed by atoms with Crippen molar-refractivity contribution in [2.75, 3.05) is 5.32 Å². The average molecular weight is 425 g/mol. The SMILES string of the molecule is O=C(Nc1nnc(COc2ccc(Cl)cc2)s1)c1cccc(Br)c1. The number of nitrogens with one attached hydrogen (secondary N) is 1. The first-order valence-corrected chi connectivity index (χ1v) is 8.86. The third kappa shape index (κ3) is 4.53. The fourth-order valence-electron chi connectivity index (χ4n) is 1.84. The first-order valence-electron chi connectivity index (χ1n) is 6.88. The predicted octanol–water partition coefficient (Wildman–Crippen LogP) is 4.79. The maximum absolute atomic E-state index is 12.2. The van der Waals surface area contributed by atoms with E-state index in [1.54, 1.807) is 42.5 Å². The lowest BCUT2D eigenvalue weighted by Gasteiger charge is -2.03. The summed E-state index contributed by atoms with van der Waals surface area (Å²) in [6.45, 7) is 0.270. The summed E-state index contributed by atoms with van der Waals surface area (Å²) in [5.41, 5.74) is 0.540. The van der Waals surface area contributed by atoms with Gasteiger partial charge in [-0.05, 0) is 42.5 Å². The van der Waals surface area contributed by atoms with Gasteiger partial charge in [-0.1, -0.05) is 44.9 Å². The van der Waals surface area contributed by atoms with Crippen molar-refractivity contribution in [3.63, 3.8) is 0 Å². The second kappa shape index (κ2) is 7.74. The Kier molecular flexibility index (Phi) is 5.44. The third-order valence-corrected chi connectivity index (χ3v) is 4.51. The minimum absolute atomic E-state index is 0.238. The summed E-state index contributed by atoms with van der Waals surface area (Å²) < 4.78 is 6.43. The van der Waals surface area contributed by atoms with E-state index in [1.807, 2.05) is 6.07 Å². The molecule has 1 N–H and O–H groups in total. The second-order valence-corrected chi connectivity index (χ2v) is 7.12. The maximum atomic E-state index is 12.2. The topological polar surface area (TPSA) is 64.1 Å². The summed E-state index contributed by atoms with van der Waals surface area (Å²) in [5.74, 6) is 0.451. The smallest absolute Gasteiger partial charge is 0.257 e. The Morgan fingerprint density at radius 3 is 2.75 bits per heavy atom. The molecule has 0 unspecified atom stereocenters. The van der Waals surface area contributed by atoms with Crippen molar-refractivity contribution >= 4 is 49.9 Å². The van der Waals surface area contributed by atoms with E-state index < -0.39 is 0 Å². The van der Waals surface area contributed by atoms with Crippen LogP contribution in [0.15, 0.2) is 53.0 Å². The van der Waals surface area contributed by atoms with E-state index in [9.17, 15) is 4.79 Å². The number of aromatic nitrogens is 2. The number of benzene rings is 2. The van der Waals surface area contributed by atoms with Gasteiger partial charge < -0.3 is 4.74 Å². The van der Waals surface area contributed by atoms with E-state index in [2.05, 4.69) is 31.4 Å². The lowest BCUT2D eigenvalue weighted by atomic mass is 10.2. The van der Waals surface area contributed by atoms with Crippen molar-refractivity contribution in [3.05, 3.63) is 68.6 Å². The molecule has 24 heavy (non-hydrogen) atoms. The van der Waals surface area contributed by atoms with Crippen LogP contribution in [0.2, 0.25) is 5.02 Å². The normalized spacial score (nSPS) is 10.4. The molecule has 3 aromatic rings. The minimum atomic E-state index is -0.238. The molecule has 0 aliphatic carbocycles. The zero-order chi connectivity index (χ0) is 16.9. The highest BCUT2D eigenvalue weighted by Gasteiger charge is 2.11. The number of carbonyl (C=O) groups is 1. The molecule has 0 bridgehead atoms. The largest absolute Gasteiger partial charge is 0.486 e. The number of carbonyl (C=O) groups excluding carboxylic acids is 1. The molecule has 0 aliphatic heterocycles. The summed E-state index contributed by atoms with van der Waals surface area (Å²) in [5, 5.41) is 12.4. The van der Waals surface area contributed by atoms with Crippen LogP contribution in [0.25, 0.3) is 0 Å². The van der Waals surface area contributed by atoms with Crippen LogP contribution in [0, 0.1) is 0 Å². The van der Waals surface area contributed by atoms with Gasteiger partial charge in [-0.25, -0.2) is 0 Å². The van der Waals surface area contributed by atoms with Crippen LogP contribution >= 0.6 is 38.9 Å². The zero-order valence-corrected chi connectivity index (χ0v) is 15.4. The number of amides is 1. The summed E-state index contributed by atoms with van der Waals surface area (Å²) in [6.07, 6.45) is 0. The highest BCUT2D eigenvalue weighted by Crippen LogP contribution is 2.21. The van der Waals surface area contributed by atoms with Crippen LogP contribution in [-0.4, -0.2) is 16.1 Å². The van der Waals surface area contributed by atoms with Gasteiger partial charge >= 0.3 is 0 Å². The fourth-order valence-corrected chi connectivity index (χ4v) is 3.01. The van der Waals surface area contributed by atoms with Gasteiger partial charge in [0.15, 0.2) is 5.01 Å². The van der Waals surface area contributed by atoms with Crippen molar-refractivity contribution in [2.45, 2.75) is 6.61 Å². The Balaban J connectivity index is 1.59. The van der Waals surface area contributed by atoms with E-state index in [1.165, 1.54) is 11.3 Å². The molecule has 122 valence electrons. The van der Waals surface area contributed by atoms with Gasteiger partial charge in [-0.3, -0.25) is 10.1 Å². The number of hydrogen-bond acceptors (Lipinski definition) is 5. The quantitative estimate of drug-likeness (QED) is 0.640. The number of nitrogens with zero attached hydrogens (tertiary/aromatic N) is 2. The van der Waals surface area contributed by atoms with Gasteiger partial charge in [0, 0.05) is 15.1 Å². The van der Waals surface area contributed by atoms with E-state index in [0.29, 0.717) is 26.5 Å². The Morgan fingerprint density at radius 1 is 1.21 bits per heavy atom. The molecular weight excluding hydrogens is 414 g/mol. The predicted molar refractivity (Wildman–Crippen MR) is 97.8 cm³/mol. The molecule has 1 heterocycles. The standard InChI is InChI=1S/C16H11BrClN3O2S/c17-11-3-1-2-10(8-11)15(22)19-16-21-20-14(24-16)9-23-13-6-4-12(18)5-7-13/h1-8H,9H2,(H,19,21,22). The monoisotopic (exact) mass is 423 g/mol. The number of hydrogen-bond donors (Lipinski definition) is 1. The summed E-state index contributed by atoms with van der Waals surface area (Å²) in [4.78, 5) is 12.2. The second-order valence-electron chi connectivity index (χ2n) is 4.71. The molecule has 3 rings (SSSR count). The van der Waals surface area contributed by atoms with Gasteiger partial charge in [0.05, 0.1) is 0 Å². The maximum Gasteiger partial charge on any atom is 0.257 e. The van der Waals surface area contributed by atoms with Crippen molar-refractivity contribution in [3.8, 4) is 5.75 Å². The number of anilines is 1. The van der Waals surface area contributed by atoms with E-state index in [-0.39, 0.29) is 12.5 Å². The van der Waals surface area contributed by atoms with Gasteiger partial charge in [0.1, 0.15) is 12.4 Å². The molecule has 0 saturated carbocycles. The lowest BCUT2D eigenvalue weighted by Crippen LogP contribution is -2.11. The first-order chi connectivity index (χ1) is 11.6. The van der Waals surface area contributed by atoms with Gasteiger partial charge in [0.2, 0.25) is 5.13 Å². The molecule has 2 aromatic carbocycles. The molecule has 0 aliphatic rings. The summed E-state index contributed by atoms with van der Waals surface area (Å²) >= 11 is 10.4. The highest BCUT2D eigenvalue weighted by atomic mass is 79.9. The highest BCUT2D eigenvalue weighted by molar-refractivity contribution is 9.10. The van der Waals surface area contributed by atoms with Crippen molar-refractivity contribution in [1.29, 1.82) is 0 Å². The minimum Gasteiger partial charge on any atom is -0.486 e. The Labute approximate surface area is 155 Å². The van der Waals surface area contributed by atoms with Crippen molar-refractivity contribution < 1.29 is 9.53 Å². The molecule has 8 heteroatoms. The molecule has 1 amide bonds. The zero-order valence-electron chi connectivity index (χ0n) is 12.2. The van der Waals surface area contributed by atoms with E-state index >= 15 is 0 Å². The number of rotatable bonds is 5.